The lowest BCUT2D eigenvalue weighted by molar-refractivity contribution is 0.127. The van der Waals surface area contributed by atoms with Crippen LogP contribution in [0.2, 0.25) is 0 Å². The summed E-state index contributed by atoms with van der Waals surface area (Å²) in [6.45, 7) is 5.91. The van der Waals surface area contributed by atoms with E-state index in [4.69, 9.17) is 14.2 Å². The molecular weight excluding hydrogens is 529 g/mol. The Hall–Kier alpha value is -0.780. The largest absolute Gasteiger partial charge is 0.454 e. The van der Waals surface area contributed by atoms with Crippen molar-refractivity contribution in [1.82, 2.24) is 10.6 Å². The molecule has 0 spiro atoms. The summed E-state index contributed by atoms with van der Waals surface area (Å²) in [6.07, 6.45) is 1.68. The highest BCUT2D eigenvalue weighted by Gasteiger charge is 2.34. The molecule has 1 aromatic carbocycles. The smallest absolute Gasteiger partial charge is 0.231 e. The standard InChI is InChI=1S/C18H26BrN3O4.HI/c1-2-20-17(22-10-18(3-5-23)4-6-24-11-18)21-9-13-7-14(19)16-15(8-13)25-12-26-16;/h7-8,23H,2-6,9-12H2,1H3,(H2,20,21,22);1H. The summed E-state index contributed by atoms with van der Waals surface area (Å²) in [5.74, 6) is 2.24. The number of aliphatic hydroxyl groups is 1. The Labute approximate surface area is 185 Å². The third-order valence-corrected chi connectivity index (χ3v) is 5.30. The first-order valence-corrected chi connectivity index (χ1v) is 9.74. The lowest BCUT2D eigenvalue weighted by Gasteiger charge is -2.27. The Kier molecular flexibility index (Phi) is 8.90. The maximum Gasteiger partial charge on any atom is 0.231 e. The van der Waals surface area contributed by atoms with Gasteiger partial charge in [0.25, 0.3) is 0 Å². The molecule has 27 heavy (non-hydrogen) atoms. The molecule has 1 saturated heterocycles. The molecule has 152 valence electrons. The van der Waals surface area contributed by atoms with Crippen molar-refractivity contribution in [3.63, 3.8) is 0 Å². The zero-order chi connectivity index (χ0) is 18.4. The van der Waals surface area contributed by atoms with Gasteiger partial charge in [-0.15, -0.1) is 24.0 Å². The molecule has 0 aromatic heterocycles. The molecule has 1 atom stereocenters. The van der Waals surface area contributed by atoms with Crippen molar-refractivity contribution in [2.75, 3.05) is 39.7 Å². The second-order valence-corrected chi connectivity index (χ2v) is 7.49. The summed E-state index contributed by atoms with van der Waals surface area (Å²) < 4.78 is 17.3. The number of fused-ring (bicyclic) bond motifs is 1. The summed E-state index contributed by atoms with van der Waals surface area (Å²) in [7, 11) is 0. The van der Waals surface area contributed by atoms with Gasteiger partial charge in [0.15, 0.2) is 17.5 Å². The van der Waals surface area contributed by atoms with Gasteiger partial charge in [-0.3, -0.25) is 0 Å². The van der Waals surface area contributed by atoms with E-state index in [1.165, 1.54) is 0 Å². The topological polar surface area (TPSA) is 84.3 Å². The molecule has 0 saturated carbocycles. The van der Waals surface area contributed by atoms with Crippen LogP contribution in [0.15, 0.2) is 21.6 Å². The molecule has 0 amide bonds. The number of aliphatic hydroxyl groups excluding tert-OH is 1. The SMILES string of the molecule is CCNC(=NCc1cc(Br)c2c(c1)OCO2)NCC1(CCO)CCOC1.I. The molecular formula is C18H27BrIN3O4. The van der Waals surface area contributed by atoms with Crippen molar-refractivity contribution in [2.45, 2.75) is 26.3 Å². The highest BCUT2D eigenvalue weighted by atomic mass is 127. The molecule has 2 heterocycles. The molecule has 2 aliphatic heterocycles. The first kappa shape index (κ1) is 22.5. The average molecular weight is 556 g/mol. The van der Waals surface area contributed by atoms with Crippen LogP contribution in [0.5, 0.6) is 11.5 Å². The number of nitrogens with zero attached hydrogens (tertiary/aromatic N) is 1. The molecule has 1 unspecified atom stereocenters. The summed E-state index contributed by atoms with van der Waals surface area (Å²) in [5.41, 5.74) is 1.01. The highest BCUT2D eigenvalue weighted by molar-refractivity contribution is 14.0. The van der Waals surface area contributed by atoms with E-state index in [0.29, 0.717) is 13.2 Å². The summed E-state index contributed by atoms with van der Waals surface area (Å²) in [4.78, 5) is 4.68. The van der Waals surface area contributed by atoms with Crippen LogP contribution < -0.4 is 20.1 Å². The van der Waals surface area contributed by atoms with Gasteiger partial charge >= 0.3 is 0 Å². The number of aliphatic imine (C=N–C) groups is 1. The summed E-state index contributed by atoms with van der Waals surface area (Å²) >= 11 is 3.51. The quantitative estimate of drug-likeness (QED) is 0.272. The molecule has 1 fully saturated rings. The van der Waals surface area contributed by atoms with E-state index in [1.54, 1.807) is 0 Å². The minimum Gasteiger partial charge on any atom is -0.454 e. The van der Waals surface area contributed by atoms with E-state index in [1.807, 2.05) is 19.1 Å². The predicted octanol–water partition coefficient (Wildman–Crippen LogP) is 2.64. The number of rotatable bonds is 7. The van der Waals surface area contributed by atoms with Gasteiger partial charge in [0.05, 0.1) is 17.6 Å². The number of nitrogens with one attached hydrogen (secondary N) is 2. The van der Waals surface area contributed by atoms with Crippen molar-refractivity contribution < 1.29 is 19.3 Å². The monoisotopic (exact) mass is 555 g/mol. The lowest BCUT2D eigenvalue weighted by atomic mass is 9.84. The van der Waals surface area contributed by atoms with Gasteiger partial charge in [-0.2, -0.15) is 0 Å². The third kappa shape index (κ3) is 5.85. The van der Waals surface area contributed by atoms with Crippen LogP contribution in [0, 0.1) is 5.41 Å². The minimum absolute atomic E-state index is 0. The molecule has 7 nitrogen and oxygen atoms in total. The van der Waals surface area contributed by atoms with E-state index in [9.17, 15) is 5.11 Å². The van der Waals surface area contributed by atoms with E-state index >= 15 is 0 Å². The van der Waals surface area contributed by atoms with Gasteiger partial charge in [0.1, 0.15) is 0 Å². The van der Waals surface area contributed by atoms with Crippen molar-refractivity contribution in [1.29, 1.82) is 0 Å². The molecule has 3 rings (SSSR count). The van der Waals surface area contributed by atoms with Gasteiger partial charge < -0.3 is 30.0 Å². The van der Waals surface area contributed by atoms with E-state index in [2.05, 4.69) is 31.6 Å². The van der Waals surface area contributed by atoms with Gasteiger partial charge in [0.2, 0.25) is 6.79 Å². The van der Waals surface area contributed by atoms with Crippen molar-refractivity contribution in [3.05, 3.63) is 22.2 Å². The number of halogens is 2. The lowest BCUT2D eigenvalue weighted by Crippen LogP contribution is -2.44. The Bertz CT molecular complexity index is 654. The molecule has 1 aromatic rings. The Morgan fingerprint density at radius 2 is 2.19 bits per heavy atom. The van der Waals surface area contributed by atoms with Crippen LogP contribution in [-0.4, -0.2) is 50.8 Å². The number of guanidine groups is 1. The average Bonchev–Trinajstić information content (AvgIpc) is 3.28. The normalized spacial score (nSPS) is 21.1. The van der Waals surface area contributed by atoms with Crippen LogP contribution in [-0.2, 0) is 11.3 Å². The first-order chi connectivity index (χ1) is 12.7. The van der Waals surface area contributed by atoms with Crippen LogP contribution >= 0.6 is 39.9 Å². The van der Waals surface area contributed by atoms with Gasteiger partial charge in [-0.25, -0.2) is 4.99 Å². The van der Waals surface area contributed by atoms with Crippen molar-refractivity contribution in [3.8, 4) is 11.5 Å². The fourth-order valence-corrected chi connectivity index (χ4v) is 3.81. The maximum atomic E-state index is 9.36. The van der Waals surface area contributed by atoms with Crippen LogP contribution in [0.25, 0.3) is 0 Å². The fourth-order valence-electron chi connectivity index (χ4n) is 3.21. The van der Waals surface area contributed by atoms with Crippen LogP contribution in [0.3, 0.4) is 0 Å². The number of hydrogen-bond acceptors (Lipinski definition) is 5. The fraction of sp³-hybridized carbons (Fsp3) is 0.611. The summed E-state index contributed by atoms with van der Waals surface area (Å²) in [5, 5.41) is 16.0. The Morgan fingerprint density at radius 3 is 2.89 bits per heavy atom. The predicted molar refractivity (Wildman–Crippen MR) is 118 cm³/mol. The summed E-state index contributed by atoms with van der Waals surface area (Å²) in [6, 6.07) is 3.96. The first-order valence-electron chi connectivity index (χ1n) is 8.94. The Morgan fingerprint density at radius 1 is 1.33 bits per heavy atom. The second-order valence-electron chi connectivity index (χ2n) is 6.64. The third-order valence-electron chi connectivity index (χ3n) is 4.71. The second kappa shape index (κ2) is 10.7. The number of hydrogen-bond donors (Lipinski definition) is 3. The van der Waals surface area contributed by atoms with E-state index < -0.39 is 0 Å². The molecule has 3 N–H and O–H groups in total. The van der Waals surface area contributed by atoms with Gasteiger partial charge in [-0.05, 0) is 53.4 Å². The van der Waals surface area contributed by atoms with Crippen LogP contribution in [0.4, 0.5) is 0 Å². The van der Waals surface area contributed by atoms with Crippen molar-refractivity contribution >= 4 is 45.9 Å². The van der Waals surface area contributed by atoms with Gasteiger partial charge in [-0.1, -0.05) is 0 Å². The van der Waals surface area contributed by atoms with Crippen LogP contribution in [0.1, 0.15) is 25.3 Å². The number of benzene rings is 1. The molecule has 0 radical (unpaired) electrons. The molecule has 0 bridgehead atoms. The zero-order valence-electron chi connectivity index (χ0n) is 15.4. The van der Waals surface area contributed by atoms with E-state index in [0.717, 1.165) is 60.0 Å². The molecule has 0 aliphatic carbocycles. The Balaban J connectivity index is 0.00000261. The van der Waals surface area contributed by atoms with Gasteiger partial charge in [0, 0.05) is 31.7 Å². The van der Waals surface area contributed by atoms with E-state index in [-0.39, 0.29) is 42.8 Å². The maximum absolute atomic E-state index is 9.36. The molecule has 2 aliphatic rings. The zero-order valence-corrected chi connectivity index (χ0v) is 19.3. The van der Waals surface area contributed by atoms with Crippen molar-refractivity contribution in [2.24, 2.45) is 10.4 Å². The number of ether oxygens (including phenoxy) is 3. The minimum atomic E-state index is -0.0211. The highest BCUT2D eigenvalue weighted by Crippen LogP contribution is 2.40. The molecule has 9 heteroatoms.